The van der Waals surface area contributed by atoms with Crippen LogP contribution >= 0.6 is 0 Å². The van der Waals surface area contributed by atoms with Crippen molar-refractivity contribution in [1.82, 2.24) is 0 Å². The van der Waals surface area contributed by atoms with Gasteiger partial charge in [-0.15, -0.1) is 0 Å². The van der Waals surface area contributed by atoms with Crippen molar-refractivity contribution in [2.45, 2.75) is 58.0 Å². The van der Waals surface area contributed by atoms with E-state index in [4.69, 9.17) is 11.5 Å². The molecular formula is C10H22CuN2. The van der Waals surface area contributed by atoms with Crippen molar-refractivity contribution in [2.75, 3.05) is 0 Å². The Kier molecular flexibility index (Phi) is 3.66. The van der Waals surface area contributed by atoms with E-state index in [0.29, 0.717) is 0 Å². The Bertz CT molecular complexity index is 167. The van der Waals surface area contributed by atoms with Gasteiger partial charge in [0.25, 0.3) is 0 Å². The van der Waals surface area contributed by atoms with Crippen molar-refractivity contribution < 1.29 is 17.1 Å². The molecule has 0 bridgehead atoms. The largest absolute Gasteiger partial charge is 0.324 e. The minimum absolute atomic E-state index is 0. The molecule has 0 aromatic carbocycles. The molecule has 2 atom stereocenters. The van der Waals surface area contributed by atoms with Gasteiger partial charge < -0.3 is 11.5 Å². The van der Waals surface area contributed by atoms with E-state index >= 15 is 0 Å². The summed E-state index contributed by atoms with van der Waals surface area (Å²) in [7, 11) is 0. The Balaban J connectivity index is 0.00000144. The van der Waals surface area contributed by atoms with Crippen molar-refractivity contribution in [3.63, 3.8) is 0 Å². The molecule has 1 fully saturated rings. The van der Waals surface area contributed by atoms with Crippen LogP contribution in [0.15, 0.2) is 0 Å². The van der Waals surface area contributed by atoms with Crippen LogP contribution in [0, 0.1) is 5.41 Å². The summed E-state index contributed by atoms with van der Waals surface area (Å²) >= 11 is 0. The fraction of sp³-hybridized carbons (Fsp3) is 1.00. The molecule has 1 aliphatic rings. The number of hydrogen-bond donors (Lipinski definition) is 2. The molecule has 2 nitrogen and oxygen atoms in total. The third-order valence-corrected chi connectivity index (χ3v) is 4.09. The van der Waals surface area contributed by atoms with Gasteiger partial charge in [0, 0.05) is 28.1 Å². The molecule has 1 aliphatic carbocycles. The molecule has 0 amide bonds. The Labute approximate surface area is 92.3 Å². The van der Waals surface area contributed by atoms with Gasteiger partial charge in [-0.05, 0) is 32.1 Å². The molecule has 0 spiro atoms. The second-order valence-corrected chi connectivity index (χ2v) is 5.36. The van der Waals surface area contributed by atoms with E-state index < -0.39 is 0 Å². The first-order valence-corrected chi connectivity index (χ1v) is 4.78. The topological polar surface area (TPSA) is 52.0 Å². The van der Waals surface area contributed by atoms with Gasteiger partial charge in [-0.25, -0.2) is 0 Å². The van der Waals surface area contributed by atoms with Crippen LogP contribution in [0.3, 0.4) is 0 Å². The van der Waals surface area contributed by atoms with Crippen molar-refractivity contribution in [1.29, 1.82) is 0 Å². The van der Waals surface area contributed by atoms with Gasteiger partial charge in [0.15, 0.2) is 0 Å². The smallest absolute Gasteiger partial charge is 0.0357 e. The maximum Gasteiger partial charge on any atom is 0.0357 e. The van der Waals surface area contributed by atoms with Gasteiger partial charge in [0.2, 0.25) is 0 Å². The van der Waals surface area contributed by atoms with E-state index in [1.807, 2.05) is 0 Å². The van der Waals surface area contributed by atoms with Crippen molar-refractivity contribution in [2.24, 2.45) is 16.9 Å². The molecule has 83 valence electrons. The summed E-state index contributed by atoms with van der Waals surface area (Å²) in [5.41, 5.74) is 12.2. The minimum Gasteiger partial charge on any atom is -0.324 e. The van der Waals surface area contributed by atoms with Gasteiger partial charge >= 0.3 is 0 Å². The summed E-state index contributed by atoms with van der Waals surface area (Å²) in [6.45, 7) is 8.61. The van der Waals surface area contributed by atoms with E-state index in [2.05, 4.69) is 27.7 Å². The SMILES string of the molecule is CC1(C)CCCC(C)(N)C1(C)N.[Cu]. The Morgan fingerprint density at radius 1 is 0.923 bits per heavy atom. The summed E-state index contributed by atoms with van der Waals surface area (Å²) < 4.78 is 0. The molecule has 1 rings (SSSR count). The second kappa shape index (κ2) is 3.54. The molecular weight excluding hydrogens is 212 g/mol. The molecule has 0 saturated heterocycles. The summed E-state index contributed by atoms with van der Waals surface area (Å²) in [6, 6.07) is 0. The molecule has 0 aromatic heterocycles. The normalized spacial score (nSPS) is 43.8. The molecule has 4 N–H and O–H groups in total. The van der Waals surface area contributed by atoms with E-state index in [-0.39, 0.29) is 33.6 Å². The zero-order valence-corrected chi connectivity index (χ0v) is 10.0. The van der Waals surface area contributed by atoms with E-state index in [1.54, 1.807) is 0 Å². The Hall–Kier alpha value is 0.439. The van der Waals surface area contributed by atoms with Gasteiger partial charge in [-0.3, -0.25) is 0 Å². The van der Waals surface area contributed by atoms with Crippen LogP contribution in [-0.4, -0.2) is 11.1 Å². The summed E-state index contributed by atoms with van der Waals surface area (Å²) in [5, 5.41) is 0. The minimum atomic E-state index is -0.252. The van der Waals surface area contributed by atoms with E-state index in [1.165, 1.54) is 12.8 Å². The molecule has 0 heterocycles. The molecule has 2 unspecified atom stereocenters. The fourth-order valence-corrected chi connectivity index (χ4v) is 2.19. The standard InChI is InChI=1S/C10H22N2.Cu/c1-8(2)6-5-7-9(3,11)10(8,4)12;/h5-7,11-12H2,1-4H3;. The maximum absolute atomic E-state index is 6.31. The maximum atomic E-state index is 6.31. The number of hydrogen-bond acceptors (Lipinski definition) is 2. The fourth-order valence-electron chi connectivity index (χ4n) is 2.19. The van der Waals surface area contributed by atoms with Crippen LogP contribution in [0.1, 0.15) is 47.0 Å². The average Bonchev–Trinajstić information content (AvgIpc) is 1.83. The molecule has 3 heteroatoms. The van der Waals surface area contributed by atoms with Crippen molar-refractivity contribution in [3.05, 3.63) is 0 Å². The summed E-state index contributed by atoms with van der Waals surface area (Å²) in [6.07, 6.45) is 3.43. The van der Waals surface area contributed by atoms with Crippen LogP contribution in [0.2, 0.25) is 0 Å². The predicted octanol–water partition coefficient (Wildman–Crippen LogP) is 1.63. The van der Waals surface area contributed by atoms with E-state index in [0.717, 1.165) is 6.42 Å². The van der Waals surface area contributed by atoms with Crippen LogP contribution in [0.4, 0.5) is 0 Å². The van der Waals surface area contributed by atoms with Crippen LogP contribution < -0.4 is 11.5 Å². The first-order valence-electron chi connectivity index (χ1n) is 4.78. The van der Waals surface area contributed by atoms with Gasteiger partial charge in [0.05, 0.1) is 0 Å². The summed E-state index contributed by atoms with van der Waals surface area (Å²) in [4.78, 5) is 0. The van der Waals surface area contributed by atoms with Crippen LogP contribution in [-0.2, 0) is 17.1 Å². The first kappa shape index (κ1) is 13.4. The van der Waals surface area contributed by atoms with E-state index in [9.17, 15) is 0 Å². The third-order valence-electron chi connectivity index (χ3n) is 4.09. The zero-order chi connectivity index (χ0) is 9.62. The third kappa shape index (κ3) is 1.94. The number of nitrogens with two attached hydrogens (primary N) is 2. The molecule has 1 saturated carbocycles. The second-order valence-electron chi connectivity index (χ2n) is 5.36. The molecule has 13 heavy (non-hydrogen) atoms. The van der Waals surface area contributed by atoms with Crippen molar-refractivity contribution in [3.8, 4) is 0 Å². The average molecular weight is 234 g/mol. The Morgan fingerprint density at radius 2 is 1.38 bits per heavy atom. The zero-order valence-electron chi connectivity index (χ0n) is 9.08. The Morgan fingerprint density at radius 3 is 1.69 bits per heavy atom. The molecule has 0 aromatic rings. The van der Waals surface area contributed by atoms with Crippen LogP contribution in [0.25, 0.3) is 0 Å². The molecule has 1 radical (unpaired) electrons. The van der Waals surface area contributed by atoms with Crippen LogP contribution in [0.5, 0.6) is 0 Å². The van der Waals surface area contributed by atoms with Gasteiger partial charge in [-0.1, -0.05) is 20.3 Å². The quantitative estimate of drug-likeness (QED) is 0.625. The summed E-state index contributed by atoms with van der Waals surface area (Å²) in [5.74, 6) is 0. The predicted molar refractivity (Wildman–Crippen MR) is 52.8 cm³/mol. The first-order chi connectivity index (χ1) is 5.21. The van der Waals surface area contributed by atoms with Gasteiger partial charge in [-0.2, -0.15) is 0 Å². The van der Waals surface area contributed by atoms with Crippen molar-refractivity contribution >= 4 is 0 Å². The van der Waals surface area contributed by atoms with Gasteiger partial charge in [0.1, 0.15) is 0 Å². The monoisotopic (exact) mass is 233 g/mol. The number of rotatable bonds is 0. The molecule has 0 aliphatic heterocycles.